The second-order valence-electron chi connectivity index (χ2n) is 9.72. The number of carbonyl (C=O) groups excluding carboxylic acids is 1. The molecule has 1 spiro atoms. The summed E-state index contributed by atoms with van der Waals surface area (Å²) in [5.41, 5.74) is 3.62. The van der Waals surface area contributed by atoms with Crippen molar-refractivity contribution in [3.63, 3.8) is 0 Å². The van der Waals surface area contributed by atoms with Crippen molar-refractivity contribution in [1.29, 1.82) is 0 Å². The number of hydrogen-bond donors (Lipinski definition) is 0. The molecule has 1 saturated heterocycles. The average molecular weight is 373 g/mol. The highest BCUT2D eigenvalue weighted by atomic mass is 16.7. The quantitative estimate of drug-likeness (QED) is 0.501. The normalized spacial score (nSPS) is 44.8. The lowest BCUT2D eigenvalue weighted by molar-refractivity contribution is -0.226. The van der Waals surface area contributed by atoms with Crippen LogP contribution in [0.4, 0.5) is 0 Å². The smallest absolute Gasteiger partial charge is 0.303 e. The van der Waals surface area contributed by atoms with Crippen LogP contribution in [0.2, 0.25) is 0 Å². The van der Waals surface area contributed by atoms with Gasteiger partial charge in [0.2, 0.25) is 0 Å². The van der Waals surface area contributed by atoms with Crippen LogP contribution in [-0.4, -0.2) is 31.1 Å². The Morgan fingerprint density at radius 3 is 2.67 bits per heavy atom. The van der Waals surface area contributed by atoms with Crippen LogP contribution in [0.15, 0.2) is 23.3 Å². The minimum absolute atomic E-state index is 0.0494. The largest absolute Gasteiger partial charge is 0.458 e. The Balaban J connectivity index is 1.49. The molecule has 0 bridgehead atoms. The summed E-state index contributed by atoms with van der Waals surface area (Å²) in [7, 11) is 0. The number of rotatable bonds is 1. The van der Waals surface area contributed by atoms with Crippen molar-refractivity contribution in [2.45, 2.75) is 77.6 Å². The molecular weight excluding hydrogens is 340 g/mol. The van der Waals surface area contributed by atoms with E-state index in [1.165, 1.54) is 26.2 Å². The molecule has 0 aromatic heterocycles. The lowest BCUT2D eigenvalue weighted by Crippen LogP contribution is -2.50. The highest BCUT2D eigenvalue weighted by Gasteiger charge is 2.64. The SMILES string of the molecule is CC(=O)OC1C=C[C@]2(C)C3=C(CCC2C1)C1CCC2(OCCO2)[C@@]1(C)CC3. The van der Waals surface area contributed by atoms with Gasteiger partial charge in [-0.15, -0.1) is 0 Å². The zero-order valence-electron chi connectivity index (χ0n) is 16.9. The van der Waals surface area contributed by atoms with E-state index in [2.05, 4.69) is 26.0 Å². The Kier molecular flexibility index (Phi) is 3.94. The van der Waals surface area contributed by atoms with E-state index in [0.29, 0.717) is 11.8 Å². The van der Waals surface area contributed by atoms with Gasteiger partial charge in [-0.25, -0.2) is 0 Å². The fourth-order valence-electron chi connectivity index (χ4n) is 7.19. The summed E-state index contributed by atoms with van der Waals surface area (Å²) in [6.07, 6.45) is 12.3. The van der Waals surface area contributed by atoms with Crippen LogP contribution in [0.25, 0.3) is 0 Å². The topological polar surface area (TPSA) is 44.8 Å². The van der Waals surface area contributed by atoms with E-state index in [9.17, 15) is 4.79 Å². The maximum atomic E-state index is 11.4. The molecule has 5 aliphatic rings. The first-order valence-electron chi connectivity index (χ1n) is 10.7. The molecule has 148 valence electrons. The molecule has 0 radical (unpaired) electrons. The van der Waals surface area contributed by atoms with Gasteiger partial charge in [-0.1, -0.05) is 31.1 Å². The first kappa shape index (κ1) is 17.9. The van der Waals surface area contributed by atoms with E-state index >= 15 is 0 Å². The van der Waals surface area contributed by atoms with Crippen molar-refractivity contribution < 1.29 is 19.0 Å². The van der Waals surface area contributed by atoms with Crippen LogP contribution < -0.4 is 0 Å². The molecule has 3 unspecified atom stereocenters. The Morgan fingerprint density at radius 2 is 1.93 bits per heavy atom. The number of esters is 1. The van der Waals surface area contributed by atoms with Crippen LogP contribution in [0.5, 0.6) is 0 Å². The second kappa shape index (κ2) is 5.93. The van der Waals surface area contributed by atoms with Crippen LogP contribution in [0, 0.1) is 22.7 Å². The first-order chi connectivity index (χ1) is 12.9. The van der Waals surface area contributed by atoms with E-state index in [1.807, 2.05) is 0 Å². The lowest BCUT2D eigenvalue weighted by Gasteiger charge is -2.54. The maximum absolute atomic E-state index is 11.4. The van der Waals surface area contributed by atoms with Gasteiger partial charge < -0.3 is 14.2 Å². The Morgan fingerprint density at radius 1 is 1.15 bits per heavy atom. The fraction of sp³-hybridized carbons (Fsp3) is 0.783. The molecule has 4 heteroatoms. The van der Waals surface area contributed by atoms with Gasteiger partial charge in [-0.3, -0.25) is 4.79 Å². The molecule has 1 saturated carbocycles. The van der Waals surface area contributed by atoms with E-state index in [4.69, 9.17) is 14.2 Å². The predicted molar refractivity (Wildman–Crippen MR) is 102 cm³/mol. The van der Waals surface area contributed by atoms with Gasteiger partial charge in [-0.2, -0.15) is 0 Å². The van der Waals surface area contributed by atoms with Crippen molar-refractivity contribution >= 4 is 5.97 Å². The van der Waals surface area contributed by atoms with Gasteiger partial charge in [-0.05, 0) is 56.4 Å². The molecule has 5 rings (SSSR count). The van der Waals surface area contributed by atoms with Crippen LogP contribution in [0.1, 0.15) is 65.7 Å². The van der Waals surface area contributed by atoms with Crippen LogP contribution in [0.3, 0.4) is 0 Å². The summed E-state index contributed by atoms with van der Waals surface area (Å²) < 4.78 is 18.0. The van der Waals surface area contributed by atoms with Crippen molar-refractivity contribution in [3.05, 3.63) is 23.3 Å². The number of hydrogen-bond acceptors (Lipinski definition) is 4. The molecule has 2 fully saturated rings. The number of allylic oxidation sites excluding steroid dienone is 3. The Labute approximate surface area is 162 Å². The van der Waals surface area contributed by atoms with Gasteiger partial charge in [0.05, 0.1) is 13.2 Å². The molecule has 5 atom stereocenters. The summed E-state index contributed by atoms with van der Waals surface area (Å²) in [5.74, 6) is 0.655. The molecule has 27 heavy (non-hydrogen) atoms. The minimum atomic E-state index is -0.337. The predicted octanol–water partition coefficient (Wildman–Crippen LogP) is 4.54. The van der Waals surface area contributed by atoms with E-state index in [1.54, 1.807) is 11.1 Å². The molecule has 1 aliphatic heterocycles. The number of ether oxygens (including phenoxy) is 3. The molecule has 0 aromatic carbocycles. The summed E-state index contributed by atoms with van der Waals surface area (Å²) in [6, 6.07) is 0. The standard InChI is InChI=1S/C23H32O4/c1-15(24)27-17-6-9-21(2)16(14-17)4-5-18-19(21)7-10-22(3)20(18)8-11-23(22)25-12-13-26-23/h6,9,16-17,20H,4-5,7-8,10-14H2,1-3H3/t16?,17?,20?,21-,22-/m0/s1. The van der Waals surface area contributed by atoms with Gasteiger partial charge in [0.1, 0.15) is 6.10 Å². The van der Waals surface area contributed by atoms with Gasteiger partial charge in [0.25, 0.3) is 0 Å². The van der Waals surface area contributed by atoms with Crippen molar-refractivity contribution in [1.82, 2.24) is 0 Å². The first-order valence-corrected chi connectivity index (χ1v) is 10.7. The fourth-order valence-corrected chi connectivity index (χ4v) is 7.19. The third-order valence-corrected chi connectivity index (χ3v) is 8.61. The summed E-state index contributed by atoms with van der Waals surface area (Å²) >= 11 is 0. The van der Waals surface area contributed by atoms with Crippen molar-refractivity contribution in [3.8, 4) is 0 Å². The number of fused-ring (bicyclic) bond motifs is 5. The average Bonchev–Trinajstić information content (AvgIpc) is 3.21. The maximum Gasteiger partial charge on any atom is 0.303 e. The van der Waals surface area contributed by atoms with Crippen LogP contribution in [-0.2, 0) is 19.0 Å². The summed E-state index contributed by atoms with van der Waals surface area (Å²) in [6.45, 7) is 7.83. The lowest BCUT2D eigenvalue weighted by atomic mass is 9.53. The zero-order valence-corrected chi connectivity index (χ0v) is 16.9. The highest BCUT2D eigenvalue weighted by molar-refractivity contribution is 5.66. The molecule has 0 N–H and O–H groups in total. The minimum Gasteiger partial charge on any atom is -0.458 e. The zero-order chi connectivity index (χ0) is 18.9. The van der Waals surface area contributed by atoms with Crippen molar-refractivity contribution in [2.75, 3.05) is 13.2 Å². The van der Waals surface area contributed by atoms with Crippen molar-refractivity contribution in [2.24, 2.45) is 22.7 Å². The molecular formula is C23H32O4. The Hall–Kier alpha value is -1.13. The van der Waals surface area contributed by atoms with Gasteiger partial charge >= 0.3 is 5.97 Å². The molecule has 0 aromatic rings. The van der Waals surface area contributed by atoms with Gasteiger partial charge in [0.15, 0.2) is 5.79 Å². The van der Waals surface area contributed by atoms with E-state index in [0.717, 1.165) is 38.9 Å². The molecule has 4 nitrogen and oxygen atoms in total. The second-order valence-corrected chi connectivity index (χ2v) is 9.72. The van der Waals surface area contributed by atoms with Gasteiger partial charge in [0, 0.05) is 24.2 Å². The summed E-state index contributed by atoms with van der Waals surface area (Å²) in [5, 5.41) is 0. The third kappa shape index (κ3) is 2.38. The van der Waals surface area contributed by atoms with E-state index in [-0.39, 0.29) is 28.7 Å². The molecule has 0 amide bonds. The Bertz CT molecular complexity index is 716. The van der Waals surface area contributed by atoms with Crippen LogP contribution >= 0.6 is 0 Å². The third-order valence-electron chi connectivity index (χ3n) is 8.61. The number of carbonyl (C=O) groups is 1. The highest BCUT2D eigenvalue weighted by Crippen LogP contribution is 2.66. The molecule has 4 aliphatic carbocycles. The summed E-state index contributed by atoms with van der Waals surface area (Å²) in [4.78, 5) is 11.4. The monoisotopic (exact) mass is 372 g/mol. The molecule has 1 heterocycles. The van der Waals surface area contributed by atoms with E-state index < -0.39 is 0 Å².